The molecule has 1 aliphatic heterocycles. The highest BCUT2D eigenvalue weighted by molar-refractivity contribution is 5.89. The minimum absolute atomic E-state index is 0.0166. The number of methoxy groups -OCH3 is 1. The summed E-state index contributed by atoms with van der Waals surface area (Å²) in [7, 11) is 1.59. The molecule has 270 valence electrons. The number of H-pyrrole nitrogens is 1. The van der Waals surface area contributed by atoms with Crippen LogP contribution in [-0.2, 0) is 14.4 Å². The number of ether oxygens (including phenoxy) is 1. The first kappa shape index (κ1) is 38.2. The number of para-hydroxylation sites is 1. The number of rotatable bonds is 13. The molecule has 51 heavy (non-hydrogen) atoms. The van der Waals surface area contributed by atoms with Gasteiger partial charge in [0.2, 0.25) is 11.8 Å². The van der Waals surface area contributed by atoms with Crippen LogP contribution in [-0.4, -0.2) is 53.8 Å². The second-order valence-corrected chi connectivity index (χ2v) is 12.4. The van der Waals surface area contributed by atoms with Crippen molar-refractivity contribution in [1.82, 2.24) is 15.4 Å². The molecule has 1 aromatic heterocycles. The van der Waals surface area contributed by atoms with E-state index in [1.54, 1.807) is 18.2 Å². The predicted octanol–water partition coefficient (Wildman–Crippen LogP) is 5.98. The fraction of sp³-hybridized carbons (Fsp3) is 0.350. The third-order valence-electron chi connectivity index (χ3n) is 8.64. The molecule has 4 aromatic rings. The summed E-state index contributed by atoms with van der Waals surface area (Å²) in [6.45, 7) is 2.93. The molecular formula is C40H49N5O6. The van der Waals surface area contributed by atoms with E-state index < -0.39 is 11.9 Å². The molecule has 2 fully saturated rings. The number of fused-ring (bicyclic) bond motifs is 1. The fourth-order valence-electron chi connectivity index (χ4n) is 5.69. The van der Waals surface area contributed by atoms with Gasteiger partial charge in [0.1, 0.15) is 11.8 Å². The van der Waals surface area contributed by atoms with Crippen molar-refractivity contribution in [3.8, 4) is 11.5 Å². The fourth-order valence-corrected chi connectivity index (χ4v) is 5.69. The molecule has 6 rings (SSSR count). The van der Waals surface area contributed by atoms with E-state index in [1.807, 2.05) is 84.9 Å². The number of hydrogen-bond acceptors (Lipinski definition) is 7. The monoisotopic (exact) mass is 695 g/mol. The molecule has 2 heterocycles. The van der Waals surface area contributed by atoms with Crippen LogP contribution >= 0.6 is 0 Å². The summed E-state index contributed by atoms with van der Waals surface area (Å²) in [5.41, 5.74) is 8.60. The maximum Gasteiger partial charge on any atom is 0.256 e. The largest absolute Gasteiger partial charge is 0.497 e. The van der Waals surface area contributed by atoms with Crippen LogP contribution in [0.25, 0.3) is 10.8 Å². The van der Waals surface area contributed by atoms with Gasteiger partial charge in [-0.25, -0.2) is 0 Å². The molecule has 2 aliphatic rings. The quantitative estimate of drug-likeness (QED) is 0.0762. The number of benzene rings is 3. The molecule has 1 aliphatic carbocycles. The lowest BCUT2D eigenvalue weighted by Gasteiger charge is -2.22. The van der Waals surface area contributed by atoms with Gasteiger partial charge in [0.05, 0.1) is 13.7 Å². The zero-order chi connectivity index (χ0) is 36.4. The number of pyridine rings is 1. The van der Waals surface area contributed by atoms with Crippen molar-refractivity contribution in [2.24, 2.45) is 17.6 Å². The van der Waals surface area contributed by atoms with Crippen LogP contribution in [0.15, 0.2) is 108 Å². The highest BCUT2D eigenvalue weighted by Gasteiger charge is 2.41. The van der Waals surface area contributed by atoms with Crippen LogP contribution in [0.1, 0.15) is 51.9 Å². The number of likely N-dealkylation sites (tertiary alicyclic amines) is 1. The van der Waals surface area contributed by atoms with E-state index in [1.165, 1.54) is 19.3 Å². The highest BCUT2D eigenvalue weighted by Crippen LogP contribution is 2.40. The van der Waals surface area contributed by atoms with Gasteiger partial charge >= 0.3 is 0 Å². The number of nitrogens with one attached hydrogen (secondary N) is 3. The lowest BCUT2D eigenvalue weighted by atomic mass is 10.2. The Bertz CT molecular complexity index is 1790. The van der Waals surface area contributed by atoms with E-state index >= 15 is 0 Å². The second-order valence-electron chi connectivity index (χ2n) is 12.4. The number of carbonyl (C=O) groups is 3. The topological polar surface area (TPSA) is 156 Å². The van der Waals surface area contributed by atoms with Gasteiger partial charge in [-0.05, 0) is 79.8 Å². The summed E-state index contributed by atoms with van der Waals surface area (Å²) in [6, 6.07) is 25.6. The first-order chi connectivity index (χ1) is 24.8. The number of anilines is 1. The van der Waals surface area contributed by atoms with Crippen molar-refractivity contribution >= 4 is 34.2 Å². The van der Waals surface area contributed by atoms with E-state index in [0.717, 1.165) is 41.5 Å². The van der Waals surface area contributed by atoms with Crippen molar-refractivity contribution in [2.75, 3.05) is 25.5 Å². The lowest BCUT2D eigenvalue weighted by molar-refractivity contribution is -0.135. The molecule has 3 atom stereocenters. The van der Waals surface area contributed by atoms with Gasteiger partial charge < -0.3 is 30.5 Å². The average Bonchev–Trinajstić information content (AvgIpc) is 3.76. The van der Waals surface area contributed by atoms with Crippen LogP contribution in [0.4, 0.5) is 5.69 Å². The number of nitrogens with two attached hydrogens (primary N) is 1. The van der Waals surface area contributed by atoms with Crippen LogP contribution in [0.5, 0.6) is 11.5 Å². The van der Waals surface area contributed by atoms with Gasteiger partial charge in [0, 0.05) is 35.8 Å². The zero-order valence-electron chi connectivity index (χ0n) is 29.4. The molecule has 3 unspecified atom stereocenters. The Balaban J connectivity index is 0.000000179. The third kappa shape index (κ3) is 12.4. The molecule has 5 N–H and O–H groups in total. The molecule has 0 radical (unpaired) electrons. The number of aromatic amines is 1. The number of aromatic nitrogens is 1. The second kappa shape index (κ2) is 20.2. The SMILES string of the molecule is CCCCC/C=C\C1CC1C(=O)NOc1ccccc1.COc1cccc(NCC(=O)N2CCCC2C(N)=O)c1.O=c1[nH]ccc2ccccc12. The number of amides is 3. The smallest absolute Gasteiger partial charge is 0.256 e. The lowest BCUT2D eigenvalue weighted by Crippen LogP contribution is -2.45. The van der Waals surface area contributed by atoms with E-state index in [2.05, 4.69) is 34.9 Å². The van der Waals surface area contributed by atoms with Gasteiger partial charge in [-0.1, -0.05) is 74.4 Å². The van der Waals surface area contributed by atoms with Crippen molar-refractivity contribution in [2.45, 2.75) is 57.9 Å². The first-order valence-electron chi connectivity index (χ1n) is 17.5. The molecule has 3 aromatic carbocycles. The van der Waals surface area contributed by atoms with Crippen molar-refractivity contribution in [3.63, 3.8) is 0 Å². The standard InChI is InChI=1S/C17H23NO2.C14H19N3O3.C9H7NO/c1-2-3-4-5-7-10-14-13-16(14)17(19)18-20-15-11-8-6-9-12-15;1-20-11-5-2-4-10(8-11)16-9-13(18)17-7-3-6-12(17)14(15)19;11-9-8-4-2-1-3-7(8)5-6-10-9/h6-12,14,16H,2-5,13H2,1H3,(H,18,19);2,4-5,8,12,16H,3,6-7,9H2,1H3,(H2,15,19);1-6H,(H,10,11)/b10-7-;;. The maximum absolute atomic E-state index is 12.1. The van der Waals surface area contributed by atoms with E-state index in [-0.39, 0.29) is 29.8 Å². The summed E-state index contributed by atoms with van der Waals surface area (Å²) in [5, 5.41) is 4.76. The molecular weight excluding hydrogens is 646 g/mol. The molecule has 11 heteroatoms. The Hall–Kier alpha value is -5.58. The number of nitrogens with zero attached hydrogens (tertiary/aromatic N) is 1. The molecule has 1 saturated heterocycles. The summed E-state index contributed by atoms with van der Waals surface area (Å²) in [6.07, 6.45) is 13.4. The minimum Gasteiger partial charge on any atom is -0.497 e. The Morgan fingerprint density at radius 1 is 0.980 bits per heavy atom. The molecule has 3 amide bonds. The third-order valence-corrected chi connectivity index (χ3v) is 8.64. The number of carbonyl (C=O) groups excluding carboxylic acids is 3. The summed E-state index contributed by atoms with van der Waals surface area (Å²) < 4.78 is 5.11. The molecule has 1 saturated carbocycles. The Morgan fingerprint density at radius 2 is 1.75 bits per heavy atom. The van der Waals surface area contributed by atoms with Crippen molar-refractivity contribution < 1.29 is 24.0 Å². The Morgan fingerprint density at radius 3 is 2.49 bits per heavy atom. The van der Waals surface area contributed by atoms with Crippen molar-refractivity contribution in [3.05, 3.63) is 114 Å². The normalized spacial score (nSPS) is 17.4. The minimum atomic E-state index is -0.463. The van der Waals surface area contributed by atoms with Crippen LogP contribution in [0.2, 0.25) is 0 Å². The maximum atomic E-state index is 12.1. The summed E-state index contributed by atoms with van der Waals surface area (Å²) in [4.78, 5) is 55.8. The van der Waals surface area contributed by atoms with Gasteiger partial charge in [-0.15, -0.1) is 0 Å². The summed E-state index contributed by atoms with van der Waals surface area (Å²) >= 11 is 0. The van der Waals surface area contributed by atoms with Gasteiger partial charge in [-0.3, -0.25) is 19.2 Å². The predicted molar refractivity (Wildman–Crippen MR) is 200 cm³/mol. The van der Waals surface area contributed by atoms with Crippen LogP contribution in [0.3, 0.4) is 0 Å². The number of primary amides is 1. The molecule has 0 bridgehead atoms. The van der Waals surface area contributed by atoms with Crippen LogP contribution < -0.4 is 31.7 Å². The van der Waals surface area contributed by atoms with Gasteiger partial charge in [-0.2, -0.15) is 5.48 Å². The molecule has 11 nitrogen and oxygen atoms in total. The van der Waals surface area contributed by atoms with E-state index in [9.17, 15) is 19.2 Å². The van der Waals surface area contributed by atoms with Crippen molar-refractivity contribution in [1.29, 1.82) is 0 Å². The van der Waals surface area contributed by atoms with Gasteiger partial charge in [0.15, 0.2) is 5.75 Å². The Kier molecular flexibility index (Phi) is 15.1. The average molecular weight is 696 g/mol. The number of hydrogen-bond donors (Lipinski definition) is 4. The summed E-state index contributed by atoms with van der Waals surface area (Å²) in [5.74, 6) is 1.30. The number of unbranched alkanes of at least 4 members (excludes halogenated alkanes) is 3. The number of hydroxylamine groups is 1. The van der Waals surface area contributed by atoms with Gasteiger partial charge in [0.25, 0.3) is 11.5 Å². The molecule has 0 spiro atoms. The zero-order valence-corrected chi connectivity index (χ0v) is 29.4. The van der Waals surface area contributed by atoms with E-state index in [4.69, 9.17) is 15.3 Å². The highest BCUT2D eigenvalue weighted by atomic mass is 16.7. The first-order valence-corrected chi connectivity index (χ1v) is 17.5. The van der Waals surface area contributed by atoms with Crippen LogP contribution in [0, 0.1) is 11.8 Å². The Labute approximate surface area is 299 Å². The van der Waals surface area contributed by atoms with E-state index in [0.29, 0.717) is 24.6 Å². The number of allylic oxidation sites excluding steroid dienone is 2.